The van der Waals surface area contributed by atoms with Crippen LogP contribution in [-0.4, -0.2) is 17.1 Å². The molecule has 0 saturated carbocycles. The molecule has 1 aliphatic heterocycles. The van der Waals surface area contributed by atoms with Gasteiger partial charge in [0.15, 0.2) is 0 Å². The second-order valence-electron chi connectivity index (χ2n) is 4.78. The topological polar surface area (TPSA) is 84.2 Å². The Balaban J connectivity index is 2.16. The first-order chi connectivity index (χ1) is 10.1. The number of benzene rings is 1. The van der Waals surface area contributed by atoms with E-state index in [4.69, 9.17) is 9.47 Å². The van der Waals surface area contributed by atoms with Gasteiger partial charge in [-0.05, 0) is 30.7 Å². The Morgan fingerprint density at radius 3 is 2.52 bits per heavy atom. The minimum absolute atomic E-state index is 0.199. The van der Waals surface area contributed by atoms with Crippen LogP contribution in [-0.2, 0) is 0 Å². The van der Waals surface area contributed by atoms with E-state index in [0.717, 1.165) is 11.3 Å². The van der Waals surface area contributed by atoms with Crippen molar-refractivity contribution in [1.29, 1.82) is 0 Å². The lowest BCUT2D eigenvalue weighted by atomic mass is 9.90. The first kappa shape index (κ1) is 13.2. The maximum absolute atomic E-state index is 12.1. The van der Waals surface area contributed by atoms with Gasteiger partial charge < -0.3 is 9.47 Å². The number of nitrogens with one attached hydrogen (secondary N) is 2. The Kier molecular flexibility index (Phi) is 3.13. The molecule has 6 nitrogen and oxygen atoms in total. The van der Waals surface area contributed by atoms with E-state index in [1.54, 1.807) is 14.0 Å². The second kappa shape index (κ2) is 4.97. The second-order valence-corrected chi connectivity index (χ2v) is 4.78. The van der Waals surface area contributed by atoms with E-state index in [1.807, 2.05) is 30.3 Å². The lowest BCUT2D eigenvalue weighted by Gasteiger charge is -2.22. The number of allylic oxidation sites excluding steroid dienone is 2. The summed E-state index contributed by atoms with van der Waals surface area (Å²) in [5.74, 6) is 1.29. The van der Waals surface area contributed by atoms with Crippen molar-refractivity contribution < 1.29 is 9.47 Å². The molecule has 2 N–H and O–H groups in total. The molecular weight excluding hydrogens is 272 g/mol. The fraction of sp³-hybridized carbons (Fsp3) is 0.200. The number of hydrogen-bond acceptors (Lipinski definition) is 4. The van der Waals surface area contributed by atoms with E-state index >= 15 is 0 Å². The average molecular weight is 286 g/mol. The zero-order valence-electron chi connectivity index (χ0n) is 11.6. The molecule has 6 heteroatoms. The molecular formula is C15H14N2O4. The molecule has 1 aromatic carbocycles. The van der Waals surface area contributed by atoms with Gasteiger partial charge in [-0.15, -0.1) is 0 Å². The first-order valence-corrected chi connectivity index (χ1v) is 6.45. The van der Waals surface area contributed by atoms with E-state index < -0.39 is 11.2 Å². The average Bonchev–Trinajstić information content (AvgIpc) is 2.45. The number of hydrogen-bond donors (Lipinski definition) is 2. The summed E-state index contributed by atoms with van der Waals surface area (Å²) < 4.78 is 10.6. The Morgan fingerprint density at radius 1 is 1.14 bits per heavy atom. The van der Waals surface area contributed by atoms with Gasteiger partial charge in [-0.2, -0.15) is 0 Å². The normalized spacial score (nSPS) is 16.7. The predicted octanol–water partition coefficient (Wildman–Crippen LogP) is 1.50. The van der Waals surface area contributed by atoms with Gasteiger partial charge in [-0.3, -0.25) is 14.8 Å². The summed E-state index contributed by atoms with van der Waals surface area (Å²) in [7, 11) is 1.60. The van der Waals surface area contributed by atoms with Crippen LogP contribution in [0.15, 0.2) is 45.7 Å². The summed E-state index contributed by atoms with van der Waals surface area (Å²) in [6.07, 6.45) is 1.84. The third-order valence-electron chi connectivity index (χ3n) is 3.39. The Morgan fingerprint density at radius 2 is 1.86 bits per heavy atom. The summed E-state index contributed by atoms with van der Waals surface area (Å²) in [6, 6.07) is 7.42. The van der Waals surface area contributed by atoms with Crippen molar-refractivity contribution in [2.75, 3.05) is 7.11 Å². The molecule has 0 aliphatic carbocycles. The molecule has 2 heterocycles. The molecule has 3 rings (SSSR count). The molecule has 0 radical (unpaired) electrons. The summed E-state index contributed by atoms with van der Waals surface area (Å²) >= 11 is 0. The predicted molar refractivity (Wildman–Crippen MR) is 76.9 cm³/mol. The van der Waals surface area contributed by atoms with Crippen molar-refractivity contribution in [3.05, 3.63) is 68.1 Å². The van der Waals surface area contributed by atoms with Crippen LogP contribution in [0, 0.1) is 0 Å². The molecule has 0 spiro atoms. The minimum atomic E-state index is -0.582. The largest absolute Gasteiger partial charge is 0.497 e. The summed E-state index contributed by atoms with van der Waals surface area (Å²) in [4.78, 5) is 28.2. The number of ether oxygens (including phenoxy) is 2. The van der Waals surface area contributed by atoms with Gasteiger partial charge in [0.25, 0.3) is 5.56 Å². The highest BCUT2D eigenvalue weighted by Gasteiger charge is 2.26. The highest BCUT2D eigenvalue weighted by Crippen LogP contribution is 2.34. The SMILES string of the molecule is COc1ccc(C2C=C(C)Oc3[nH]c(=O)[nH]c(=O)c32)cc1. The van der Waals surface area contributed by atoms with Gasteiger partial charge in [0, 0.05) is 5.92 Å². The van der Waals surface area contributed by atoms with Crippen molar-refractivity contribution in [1.82, 2.24) is 9.97 Å². The fourth-order valence-corrected chi connectivity index (χ4v) is 2.43. The van der Waals surface area contributed by atoms with Crippen LogP contribution in [0.4, 0.5) is 0 Å². The molecule has 1 aromatic heterocycles. The standard InChI is InChI=1S/C15H14N2O4/c1-8-7-11(9-3-5-10(20-2)6-4-9)12-13(18)16-15(19)17-14(12)21-8/h3-7,11H,1-2H3,(H2,16,17,18,19). The molecule has 108 valence electrons. The van der Waals surface area contributed by atoms with Gasteiger partial charge in [0.2, 0.25) is 5.88 Å². The lowest BCUT2D eigenvalue weighted by Crippen LogP contribution is -2.29. The van der Waals surface area contributed by atoms with Crippen molar-refractivity contribution >= 4 is 0 Å². The van der Waals surface area contributed by atoms with E-state index in [2.05, 4.69) is 9.97 Å². The first-order valence-electron chi connectivity index (χ1n) is 6.45. The molecule has 1 atom stereocenters. The molecule has 0 bridgehead atoms. The Bertz CT molecular complexity index is 815. The monoisotopic (exact) mass is 286 g/mol. The van der Waals surface area contributed by atoms with Crippen LogP contribution in [0.2, 0.25) is 0 Å². The van der Waals surface area contributed by atoms with Crippen molar-refractivity contribution in [3.8, 4) is 11.6 Å². The van der Waals surface area contributed by atoms with Crippen molar-refractivity contribution in [3.63, 3.8) is 0 Å². The molecule has 1 aliphatic rings. The van der Waals surface area contributed by atoms with Gasteiger partial charge in [0.1, 0.15) is 5.75 Å². The number of aromatic nitrogens is 2. The summed E-state index contributed by atoms with van der Waals surface area (Å²) in [5, 5.41) is 0. The number of fused-ring (bicyclic) bond motifs is 1. The van der Waals surface area contributed by atoms with Crippen molar-refractivity contribution in [2.24, 2.45) is 0 Å². The minimum Gasteiger partial charge on any atom is -0.497 e. The molecule has 0 saturated heterocycles. The Labute approximate surface area is 120 Å². The number of rotatable bonds is 2. The summed E-state index contributed by atoms with van der Waals surface area (Å²) in [6.45, 7) is 1.78. The van der Waals surface area contributed by atoms with Gasteiger partial charge in [-0.1, -0.05) is 12.1 Å². The lowest BCUT2D eigenvalue weighted by molar-refractivity contribution is 0.385. The third kappa shape index (κ3) is 2.35. The third-order valence-corrected chi connectivity index (χ3v) is 3.39. The Hall–Kier alpha value is -2.76. The van der Waals surface area contributed by atoms with E-state index in [9.17, 15) is 9.59 Å². The number of aromatic amines is 2. The maximum Gasteiger partial charge on any atom is 0.328 e. The van der Waals surface area contributed by atoms with Gasteiger partial charge in [0.05, 0.1) is 18.4 Å². The highest BCUT2D eigenvalue weighted by atomic mass is 16.5. The zero-order chi connectivity index (χ0) is 15.0. The molecule has 0 fully saturated rings. The number of H-pyrrole nitrogens is 2. The number of methoxy groups -OCH3 is 1. The maximum atomic E-state index is 12.1. The van der Waals surface area contributed by atoms with Crippen LogP contribution in [0.1, 0.15) is 24.0 Å². The quantitative estimate of drug-likeness (QED) is 0.876. The van der Waals surface area contributed by atoms with Crippen molar-refractivity contribution in [2.45, 2.75) is 12.8 Å². The van der Waals surface area contributed by atoms with Crippen LogP contribution in [0.25, 0.3) is 0 Å². The zero-order valence-corrected chi connectivity index (χ0v) is 11.6. The molecule has 2 aromatic rings. The van der Waals surface area contributed by atoms with Crippen LogP contribution >= 0.6 is 0 Å². The molecule has 1 unspecified atom stereocenters. The van der Waals surface area contributed by atoms with E-state index in [0.29, 0.717) is 11.3 Å². The van der Waals surface area contributed by atoms with Crippen LogP contribution in [0.3, 0.4) is 0 Å². The van der Waals surface area contributed by atoms with Gasteiger partial charge in [-0.25, -0.2) is 4.79 Å². The van der Waals surface area contributed by atoms with Gasteiger partial charge >= 0.3 is 5.69 Å². The fourth-order valence-electron chi connectivity index (χ4n) is 2.43. The van der Waals surface area contributed by atoms with Crippen LogP contribution in [0.5, 0.6) is 11.6 Å². The smallest absolute Gasteiger partial charge is 0.328 e. The highest BCUT2D eigenvalue weighted by molar-refractivity contribution is 5.45. The molecule has 21 heavy (non-hydrogen) atoms. The van der Waals surface area contributed by atoms with E-state index in [-0.39, 0.29) is 11.8 Å². The summed E-state index contributed by atoms with van der Waals surface area (Å²) in [5.41, 5.74) is 0.280. The van der Waals surface area contributed by atoms with Crippen LogP contribution < -0.4 is 20.7 Å². The van der Waals surface area contributed by atoms with E-state index in [1.165, 1.54) is 0 Å². The molecule has 0 amide bonds.